The highest BCUT2D eigenvalue weighted by molar-refractivity contribution is 5.81. The minimum absolute atomic E-state index is 0.152. The predicted octanol–water partition coefficient (Wildman–Crippen LogP) is 0.618. The van der Waals surface area contributed by atoms with E-state index in [1.165, 1.54) is 6.08 Å². The number of carbonyl (C=O) groups is 1. The lowest BCUT2D eigenvalue weighted by atomic mass is 10.2. The van der Waals surface area contributed by atoms with Crippen molar-refractivity contribution < 1.29 is 24.1 Å². The summed E-state index contributed by atoms with van der Waals surface area (Å²) in [6.45, 7) is 5.43. The maximum Gasteiger partial charge on any atom is 0.330 e. The number of hydrogen-bond acceptors (Lipinski definition) is 5. The molecule has 92 valence electrons. The largest absolute Gasteiger partial charge is 0.463 e. The molecule has 0 aromatic carbocycles. The van der Waals surface area contributed by atoms with Crippen LogP contribution in [0.3, 0.4) is 0 Å². The van der Waals surface area contributed by atoms with E-state index in [9.17, 15) is 4.79 Å². The van der Waals surface area contributed by atoms with Crippen LogP contribution in [-0.4, -0.2) is 42.3 Å². The van der Waals surface area contributed by atoms with Gasteiger partial charge in [0.15, 0.2) is 5.79 Å². The van der Waals surface area contributed by atoms with Gasteiger partial charge in [-0.25, -0.2) is 4.79 Å². The van der Waals surface area contributed by atoms with Crippen LogP contribution >= 0.6 is 0 Å². The van der Waals surface area contributed by atoms with Crippen LogP contribution in [0.25, 0.3) is 0 Å². The summed E-state index contributed by atoms with van der Waals surface area (Å²) in [4.78, 5) is 11.1. The molecule has 0 saturated carbocycles. The Hall–Kier alpha value is -0.910. The average molecular weight is 230 g/mol. The predicted molar refractivity (Wildman–Crippen MR) is 56.7 cm³/mol. The molecule has 0 aromatic heterocycles. The number of aliphatic hydroxyl groups excluding tert-OH is 1. The maximum atomic E-state index is 11.1. The molecule has 0 spiro atoms. The molecule has 5 nitrogen and oxygen atoms in total. The standard InChI is InChI=1S/C11H18O5/c1-4-14-10(13)6-5-8-9(7-12)16-11(2,3)15-8/h5-6,8-9,12H,4,7H2,1-3H3/t8-,9+/m0/s1. The summed E-state index contributed by atoms with van der Waals surface area (Å²) < 4.78 is 15.7. The Bertz CT molecular complexity index is 272. The Balaban J connectivity index is 2.56. The number of rotatable bonds is 4. The Morgan fingerprint density at radius 2 is 2.19 bits per heavy atom. The zero-order chi connectivity index (χ0) is 12.2. The molecule has 1 aliphatic heterocycles. The van der Waals surface area contributed by atoms with Crippen LogP contribution in [0.1, 0.15) is 20.8 Å². The quantitative estimate of drug-likeness (QED) is 0.566. The maximum absolute atomic E-state index is 11.1. The number of hydrogen-bond donors (Lipinski definition) is 1. The van der Waals surface area contributed by atoms with Gasteiger partial charge in [-0.1, -0.05) is 0 Å². The van der Waals surface area contributed by atoms with Crippen LogP contribution in [0.2, 0.25) is 0 Å². The second-order valence-electron chi connectivity index (χ2n) is 3.93. The topological polar surface area (TPSA) is 65.0 Å². The Morgan fingerprint density at radius 1 is 1.50 bits per heavy atom. The molecule has 1 rings (SSSR count). The zero-order valence-corrected chi connectivity index (χ0v) is 9.80. The molecule has 5 heteroatoms. The van der Waals surface area contributed by atoms with E-state index in [1.54, 1.807) is 26.8 Å². The normalized spacial score (nSPS) is 28.5. The molecule has 0 aromatic rings. The average Bonchev–Trinajstić information content (AvgIpc) is 2.51. The molecular formula is C11H18O5. The van der Waals surface area contributed by atoms with Gasteiger partial charge < -0.3 is 19.3 Å². The molecule has 0 bridgehead atoms. The van der Waals surface area contributed by atoms with Crippen LogP contribution in [0.5, 0.6) is 0 Å². The van der Waals surface area contributed by atoms with Crippen LogP contribution in [-0.2, 0) is 19.0 Å². The lowest BCUT2D eigenvalue weighted by Crippen LogP contribution is -2.25. The molecule has 0 amide bonds. The van der Waals surface area contributed by atoms with E-state index in [1.807, 2.05) is 0 Å². The van der Waals surface area contributed by atoms with E-state index in [0.29, 0.717) is 6.61 Å². The first kappa shape index (κ1) is 13.2. The fraction of sp³-hybridized carbons (Fsp3) is 0.727. The summed E-state index contributed by atoms with van der Waals surface area (Å²) in [6.07, 6.45) is 1.97. The van der Waals surface area contributed by atoms with Crippen LogP contribution < -0.4 is 0 Å². The van der Waals surface area contributed by atoms with E-state index >= 15 is 0 Å². The van der Waals surface area contributed by atoms with Crippen molar-refractivity contribution in [3.8, 4) is 0 Å². The summed E-state index contributed by atoms with van der Waals surface area (Å²) in [7, 11) is 0. The minimum Gasteiger partial charge on any atom is -0.463 e. The first-order valence-corrected chi connectivity index (χ1v) is 5.30. The van der Waals surface area contributed by atoms with Crippen LogP contribution in [0.4, 0.5) is 0 Å². The Labute approximate surface area is 95.0 Å². The molecule has 2 atom stereocenters. The second-order valence-corrected chi connectivity index (χ2v) is 3.93. The van der Waals surface area contributed by atoms with Gasteiger partial charge in [0.2, 0.25) is 0 Å². The molecule has 0 unspecified atom stereocenters. The van der Waals surface area contributed by atoms with Crippen molar-refractivity contribution in [2.24, 2.45) is 0 Å². The van der Waals surface area contributed by atoms with Gasteiger partial charge in [0.25, 0.3) is 0 Å². The third-order valence-corrected chi connectivity index (χ3v) is 2.11. The van der Waals surface area contributed by atoms with Crippen molar-refractivity contribution in [3.05, 3.63) is 12.2 Å². The molecule has 1 N–H and O–H groups in total. The molecule has 16 heavy (non-hydrogen) atoms. The first-order valence-electron chi connectivity index (χ1n) is 5.30. The molecule has 1 aliphatic rings. The molecule has 0 radical (unpaired) electrons. The van der Waals surface area contributed by atoms with Gasteiger partial charge in [0.1, 0.15) is 12.2 Å². The van der Waals surface area contributed by atoms with E-state index in [4.69, 9.17) is 19.3 Å². The lowest BCUT2D eigenvalue weighted by Gasteiger charge is -2.15. The Morgan fingerprint density at radius 3 is 2.75 bits per heavy atom. The zero-order valence-electron chi connectivity index (χ0n) is 9.80. The number of ether oxygens (including phenoxy) is 3. The Kier molecular flexibility index (Phi) is 4.46. The van der Waals surface area contributed by atoms with Gasteiger partial charge in [0.05, 0.1) is 13.2 Å². The molecule has 1 heterocycles. The summed E-state index contributed by atoms with van der Waals surface area (Å²) in [5.74, 6) is -1.16. The van der Waals surface area contributed by atoms with Crippen molar-refractivity contribution in [1.82, 2.24) is 0 Å². The minimum atomic E-state index is -0.739. The van der Waals surface area contributed by atoms with Crippen molar-refractivity contribution in [3.63, 3.8) is 0 Å². The highest BCUT2D eigenvalue weighted by Crippen LogP contribution is 2.28. The number of carbonyl (C=O) groups excluding carboxylic acids is 1. The smallest absolute Gasteiger partial charge is 0.330 e. The van der Waals surface area contributed by atoms with E-state index in [2.05, 4.69) is 0 Å². The summed E-state index contributed by atoms with van der Waals surface area (Å²) in [6, 6.07) is 0. The summed E-state index contributed by atoms with van der Waals surface area (Å²) in [5, 5.41) is 9.08. The monoisotopic (exact) mass is 230 g/mol. The number of esters is 1. The van der Waals surface area contributed by atoms with E-state index < -0.39 is 24.0 Å². The van der Waals surface area contributed by atoms with Gasteiger partial charge in [-0.15, -0.1) is 0 Å². The van der Waals surface area contributed by atoms with Gasteiger partial charge in [-0.05, 0) is 26.8 Å². The van der Waals surface area contributed by atoms with E-state index in [0.717, 1.165) is 0 Å². The summed E-state index contributed by atoms with van der Waals surface area (Å²) >= 11 is 0. The third kappa shape index (κ3) is 3.59. The van der Waals surface area contributed by atoms with Gasteiger partial charge in [-0.2, -0.15) is 0 Å². The second kappa shape index (κ2) is 5.43. The van der Waals surface area contributed by atoms with Crippen LogP contribution in [0.15, 0.2) is 12.2 Å². The van der Waals surface area contributed by atoms with Crippen molar-refractivity contribution >= 4 is 5.97 Å². The highest BCUT2D eigenvalue weighted by Gasteiger charge is 2.39. The van der Waals surface area contributed by atoms with Gasteiger partial charge in [-0.3, -0.25) is 0 Å². The molecular weight excluding hydrogens is 212 g/mol. The summed E-state index contributed by atoms with van der Waals surface area (Å²) in [5.41, 5.74) is 0. The van der Waals surface area contributed by atoms with Crippen molar-refractivity contribution in [2.75, 3.05) is 13.2 Å². The fourth-order valence-electron chi connectivity index (χ4n) is 1.53. The van der Waals surface area contributed by atoms with Gasteiger partial charge >= 0.3 is 5.97 Å². The SMILES string of the molecule is CCOC(=O)C=C[C@@H]1OC(C)(C)O[C@@H]1CO. The molecule has 1 fully saturated rings. The molecule has 0 aliphatic carbocycles. The highest BCUT2D eigenvalue weighted by atomic mass is 16.8. The van der Waals surface area contributed by atoms with Crippen LogP contribution in [0, 0.1) is 0 Å². The van der Waals surface area contributed by atoms with Crippen molar-refractivity contribution in [1.29, 1.82) is 0 Å². The lowest BCUT2D eigenvalue weighted by molar-refractivity contribution is -0.146. The van der Waals surface area contributed by atoms with E-state index in [-0.39, 0.29) is 6.61 Å². The fourth-order valence-corrected chi connectivity index (χ4v) is 1.53. The third-order valence-electron chi connectivity index (χ3n) is 2.11. The van der Waals surface area contributed by atoms with Crippen molar-refractivity contribution in [2.45, 2.75) is 38.8 Å². The van der Waals surface area contributed by atoms with Gasteiger partial charge in [0, 0.05) is 6.08 Å². The molecule has 1 saturated heterocycles. The number of aliphatic hydroxyl groups is 1. The first-order chi connectivity index (χ1) is 7.48.